The van der Waals surface area contributed by atoms with Gasteiger partial charge in [-0.1, -0.05) is 47.6 Å². The van der Waals surface area contributed by atoms with Gasteiger partial charge in [0.1, 0.15) is 6.61 Å². The number of halogens is 2. The molecule has 0 spiro atoms. The number of thiocarbonyl (C=S) groups is 1. The minimum atomic E-state index is -0.208. The zero-order chi connectivity index (χ0) is 20.3. The molecule has 1 fully saturated rings. The maximum absolute atomic E-state index is 12.9. The standard InChI is InChI=1S/C20H13BrClNO3S2/c1-3-8-26-16-7-4-12(9-17(16)25-2)10-18-19(24)23(20(27)28-18)13-5-6-14(21)15(22)11-13/h1,4-7,9-11H,8H2,2H3/b18-10-. The number of nitrogens with zero attached hydrogens (tertiary/aromatic N) is 1. The average Bonchev–Trinajstić information content (AvgIpc) is 2.96. The predicted molar refractivity (Wildman–Crippen MR) is 122 cm³/mol. The number of carbonyl (C=O) groups excluding carboxylic acids is 1. The van der Waals surface area contributed by atoms with Gasteiger partial charge in [-0.2, -0.15) is 0 Å². The summed E-state index contributed by atoms with van der Waals surface area (Å²) >= 11 is 16.1. The van der Waals surface area contributed by atoms with E-state index in [-0.39, 0.29) is 12.5 Å². The predicted octanol–water partition coefficient (Wildman–Crippen LogP) is 5.53. The summed E-state index contributed by atoms with van der Waals surface area (Å²) in [6, 6.07) is 10.6. The van der Waals surface area contributed by atoms with Crippen molar-refractivity contribution in [3.8, 4) is 23.8 Å². The van der Waals surface area contributed by atoms with E-state index in [1.54, 1.807) is 43.5 Å². The van der Waals surface area contributed by atoms with E-state index < -0.39 is 0 Å². The van der Waals surface area contributed by atoms with Gasteiger partial charge in [-0.3, -0.25) is 9.69 Å². The van der Waals surface area contributed by atoms with Crippen molar-refractivity contribution in [3.63, 3.8) is 0 Å². The first-order valence-electron chi connectivity index (χ1n) is 7.92. The van der Waals surface area contributed by atoms with E-state index in [2.05, 4.69) is 21.9 Å². The van der Waals surface area contributed by atoms with Crippen molar-refractivity contribution in [3.05, 3.63) is 56.4 Å². The summed E-state index contributed by atoms with van der Waals surface area (Å²) in [4.78, 5) is 14.9. The van der Waals surface area contributed by atoms with Crippen LogP contribution in [0.2, 0.25) is 5.02 Å². The summed E-state index contributed by atoms with van der Waals surface area (Å²) in [5.74, 6) is 3.26. The second kappa shape index (κ2) is 9.01. The maximum Gasteiger partial charge on any atom is 0.270 e. The highest BCUT2D eigenvalue weighted by Crippen LogP contribution is 2.38. The quantitative estimate of drug-likeness (QED) is 0.310. The first-order chi connectivity index (χ1) is 13.4. The lowest BCUT2D eigenvalue weighted by Crippen LogP contribution is -2.27. The van der Waals surface area contributed by atoms with Crippen LogP contribution in [0.3, 0.4) is 0 Å². The number of anilines is 1. The number of terminal acetylenes is 1. The molecule has 1 aliphatic heterocycles. The van der Waals surface area contributed by atoms with Crippen LogP contribution in [0.1, 0.15) is 5.56 Å². The zero-order valence-electron chi connectivity index (χ0n) is 14.6. The molecule has 1 aliphatic rings. The topological polar surface area (TPSA) is 38.8 Å². The fraction of sp³-hybridized carbons (Fsp3) is 0.100. The summed E-state index contributed by atoms with van der Waals surface area (Å²) in [7, 11) is 1.54. The molecule has 28 heavy (non-hydrogen) atoms. The van der Waals surface area contributed by atoms with Gasteiger partial charge in [0, 0.05) is 4.47 Å². The fourth-order valence-corrected chi connectivity index (χ4v) is 4.20. The number of rotatable bonds is 5. The van der Waals surface area contributed by atoms with Crippen LogP contribution in [0.25, 0.3) is 6.08 Å². The summed E-state index contributed by atoms with van der Waals surface area (Å²) in [6.07, 6.45) is 6.98. The molecule has 8 heteroatoms. The van der Waals surface area contributed by atoms with Crippen molar-refractivity contribution in [2.45, 2.75) is 0 Å². The number of thioether (sulfide) groups is 1. The van der Waals surface area contributed by atoms with Crippen molar-refractivity contribution in [2.75, 3.05) is 18.6 Å². The highest BCUT2D eigenvalue weighted by molar-refractivity contribution is 9.10. The first kappa shape index (κ1) is 20.7. The van der Waals surface area contributed by atoms with Crippen LogP contribution in [0.15, 0.2) is 45.8 Å². The lowest BCUT2D eigenvalue weighted by molar-refractivity contribution is -0.113. The van der Waals surface area contributed by atoms with Crippen LogP contribution in [0.5, 0.6) is 11.5 Å². The molecule has 1 amide bonds. The normalized spacial score (nSPS) is 15.1. The van der Waals surface area contributed by atoms with Crippen LogP contribution >= 0.6 is 51.5 Å². The van der Waals surface area contributed by atoms with Crippen LogP contribution in [0.4, 0.5) is 5.69 Å². The van der Waals surface area contributed by atoms with Crippen LogP contribution < -0.4 is 14.4 Å². The Labute approximate surface area is 186 Å². The third-order valence-electron chi connectivity index (χ3n) is 3.75. The molecule has 142 valence electrons. The van der Waals surface area contributed by atoms with E-state index >= 15 is 0 Å². The number of methoxy groups -OCH3 is 1. The molecule has 3 rings (SSSR count). The molecule has 0 bridgehead atoms. The molecule has 4 nitrogen and oxygen atoms in total. The Kier molecular flexibility index (Phi) is 6.68. The van der Waals surface area contributed by atoms with Gasteiger partial charge in [0.05, 0.1) is 22.7 Å². The van der Waals surface area contributed by atoms with Gasteiger partial charge in [0.2, 0.25) is 0 Å². The molecule has 0 atom stereocenters. The van der Waals surface area contributed by atoms with Gasteiger partial charge in [0.15, 0.2) is 15.8 Å². The van der Waals surface area contributed by atoms with E-state index in [0.29, 0.717) is 31.4 Å². The molecule has 1 saturated heterocycles. The summed E-state index contributed by atoms with van der Waals surface area (Å²) in [5, 5.41) is 0.503. The van der Waals surface area contributed by atoms with Crippen LogP contribution in [-0.4, -0.2) is 23.9 Å². The third-order valence-corrected chi connectivity index (χ3v) is 6.29. The van der Waals surface area contributed by atoms with Crippen LogP contribution in [-0.2, 0) is 4.79 Å². The van der Waals surface area contributed by atoms with Gasteiger partial charge < -0.3 is 9.47 Å². The molecular formula is C20H13BrClNO3S2. The van der Waals surface area contributed by atoms with Crippen molar-refractivity contribution >= 4 is 73.5 Å². The largest absolute Gasteiger partial charge is 0.493 e. The Bertz CT molecular complexity index is 1030. The number of hydrogen-bond donors (Lipinski definition) is 0. The minimum absolute atomic E-state index is 0.143. The molecule has 1 heterocycles. The van der Waals surface area contributed by atoms with E-state index in [1.807, 2.05) is 6.07 Å². The summed E-state index contributed by atoms with van der Waals surface area (Å²) in [5.41, 5.74) is 1.40. The van der Waals surface area contributed by atoms with E-state index in [9.17, 15) is 4.79 Å². The number of benzene rings is 2. The summed E-state index contributed by atoms with van der Waals surface area (Å²) in [6.45, 7) is 0.143. The number of hydrogen-bond acceptors (Lipinski definition) is 5. The Morgan fingerprint density at radius 3 is 2.79 bits per heavy atom. The van der Waals surface area contributed by atoms with Crippen LogP contribution in [0, 0.1) is 12.3 Å². The minimum Gasteiger partial charge on any atom is -0.493 e. The molecular weight excluding hydrogens is 482 g/mol. The van der Waals surface area contributed by atoms with Gasteiger partial charge in [-0.25, -0.2) is 0 Å². The average molecular weight is 495 g/mol. The highest BCUT2D eigenvalue weighted by atomic mass is 79.9. The molecule has 0 N–H and O–H groups in total. The Hall–Kier alpha value is -1.98. The Morgan fingerprint density at radius 2 is 2.11 bits per heavy atom. The number of ether oxygens (including phenoxy) is 2. The van der Waals surface area contributed by atoms with Gasteiger partial charge >= 0.3 is 0 Å². The van der Waals surface area contributed by atoms with Crippen molar-refractivity contribution in [1.29, 1.82) is 0 Å². The second-order valence-electron chi connectivity index (χ2n) is 5.52. The van der Waals surface area contributed by atoms with Gasteiger partial charge in [0.25, 0.3) is 5.91 Å². The second-order valence-corrected chi connectivity index (χ2v) is 8.46. The number of carbonyl (C=O) groups is 1. The molecule has 0 aliphatic carbocycles. The molecule has 0 aromatic heterocycles. The van der Waals surface area contributed by atoms with Gasteiger partial charge in [-0.15, -0.1) is 6.42 Å². The fourth-order valence-electron chi connectivity index (χ4n) is 2.48. The number of amides is 1. The van der Waals surface area contributed by atoms with Crippen molar-refractivity contribution < 1.29 is 14.3 Å². The summed E-state index contributed by atoms with van der Waals surface area (Å²) < 4.78 is 12.0. The lowest BCUT2D eigenvalue weighted by Gasteiger charge is -2.15. The molecule has 2 aromatic rings. The van der Waals surface area contributed by atoms with E-state index in [4.69, 9.17) is 39.7 Å². The smallest absolute Gasteiger partial charge is 0.270 e. The molecule has 2 aromatic carbocycles. The molecule has 0 radical (unpaired) electrons. The maximum atomic E-state index is 12.9. The van der Waals surface area contributed by atoms with Gasteiger partial charge in [-0.05, 0) is 57.9 Å². The van der Waals surface area contributed by atoms with Crippen molar-refractivity contribution in [1.82, 2.24) is 0 Å². The third kappa shape index (κ3) is 4.36. The Morgan fingerprint density at radius 1 is 1.32 bits per heavy atom. The zero-order valence-corrected chi connectivity index (χ0v) is 18.5. The monoisotopic (exact) mass is 493 g/mol. The lowest BCUT2D eigenvalue weighted by atomic mass is 10.2. The highest BCUT2D eigenvalue weighted by Gasteiger charge is 2.33. The van der Waals surface area contributed by atoms with Crippen molar-refractivity contribution in [2.24, 2.45) is 0 Å². The first-order valence-corrected chi connectivity index (χ1v) is 10.3. The molecule has 0 saturated carbocycles. The molecule has 0 unspecified atom stereocenters. The van der Waals surface area contributed by atoms with E-state index in [1.165, 1.54) is 16.7 Å². The Balaban J connectivity index is 1.89. The van der Waals surface area contributed by atoms with E-state index in [0.717, 1.165) is 10.0 Å². The SMILES string of the molecule is C#CCOc1ccc(/C=C2\SC(=S)N(c3ccc(Br)c(Cl)c3)C2=O)cc1OC.